The first kappa shape index (κ1) is 14.0. The average Bonchev–Trinajstić information content (AvgIpc) is 2.40. The van der Waals surface area contributed by atoms with Crippen LogP contribution in [0.15, 0.2) is 24.3 Å². The van der Waals surface area contributed by atoms with Crippen molar-refractivity contribution in [2.45, 2.75) is 50.7 Å². The van der Waals surface area contributed by atoms with Crippen molar-refractivity contribution in [3.8, 4) is 0 Å². The molecule has 1 amide bonds. The molecule has 1 atom stereocenters. The first-order valence-electron chi connectivity index (χ1n) is 6.80. The van der Waals surface area contributed by atoms with E-state index in [9.17, 15) is 14.3 Å². The highest BCUT2D eigenvalue weighted by molar-refractivity contribution is 5.83. The van der Waals surface area contributed by atoms with Crippen molar-refractivity contribution in [3.05, 3.63) is 35.6 Å². The van der Waals surface area contributed by atoms with Gasteiger partial charge in [-0.25, -0.2) is 4.39 Å². The van der Waals surface area contributed by atoms with Gasteiger partial charge in [0.25, 0.3) is 0 Å². The molecular formula is C15H20FNO2. The monoisotopic (exact) mass is 265 g/mol. The van der Waals surface area contributed by atoms with Crippen molar-refractivity contribution in [2.24, 2.45) is 0 Å². The third-order valence-corrected chi connectivity index (χ3v) is 3.79. The van der Waals surface area contributed by atoms with Crippen LogP contribution in [0.1, 0.15) is 44.1 Å². The van der Waals surface area contributed by atoms with E-state index in [0.717, 1.165) is 25.7 Å². The molecule has 1 aliphatic carbocycles. The highest BCUT2D eigenvalue weighted by Crippen LogP contribution is 2.21. The van der Waals surface area contributed by atoms with Crippen molar-refractivity contribution >= 4 is 5.91 Å². The topological polar surface area (TPSA) is 49.3 Å². The van der Waals surface area contributed by atoms with Gasteiger partial charge >= 0.3 is 0 Å². The normalized spacial score (nSPS) is 24.8. The van der Waals surface area contributed by atoms with E-state index in [2.05, 4.69) is 5.32 Å². The van der Waals surface area contributed by atoms with Gasteiger partial charge < -0.3 is 10.4 Å². The quantitative estimate of drug-likeness (QED) is 0.881. The van der Waals surface area contributed by atoms with Gasteiger partial charge in [-0.2, -0.15) is 0 Å². The fourth-order valence-corrected chi connectivity index (χ4v) is 2.47. The summed E-state index contributed by atoms with van der Waals surface area (Å²) in [4.78, 5) is 12.1. The van der Waals surface area contributed by atoms with Gasteiger partial charge in [-0.3, -0.25) is 4.79 Å². The van der Waals surface area contributed by atoms with Gasteiger partial charge in [0.1, 0.15) is 5.82 Å². The molecule has 2 N–H and O–H groups in total. The SMILES string of the molecule is CC(C(=O)NC1CCC(O)CC1)c1cccc(F)c1. The maximum atomic E-state index is 13.1. The number of aliphatic hydroxyl groups excluding tert-OH is 1. The molecule has 0 aromatic heterocycles. The summed E-state index contributed by atoms with van der Waals surface area (Å²) in [6.45, 7) is 1.78. The first-order valence-corrected chi connectivity index (χ1v) is 6.80. The molecule has 3 nitrogen and oxygen atoms in total. The Morgan fingerprint density at radius 1 is 1.37 bits per heavy atom. The standard InChI is InChI=1S/C15H20FNO2/c1-10(11-3-2-4-12(16)9-11)15(19)17-13-5-7-14(18)8-6-13/h2-4,9-10,13-14,18H,5-8H2,1H3,(H,17,19). The second-order valence-electron chi connectivity index (χ2n) is 5.29. The molecule has 1 aliphatic rings. The molecule has 1 saturated carbocycles. The number of aliphatic hydroxyl groups is 1. The number of nitrogens with one attached hydrogen (secondary N) is 1. The molecule has 0 saturated heterocycles. The van der Waals surface area contributed by atoms with Crippen LogP contribution in [0.2, 0.25) is 0 Å². The number of carbonyl (C=O) groups excluding carboxylic acids is 1. The van der Waals surface area contributed by atoms with Crippen molar-refractivity contribution in [3.63, 3.8) is 0 Å². The van der Waals surface area contributed by atoms with E-state index in [4.69, 9.17) is 0 Å². The number of hydrogen-bond donors (Lipinski definition) is 2. The van der Waals surface area contributed by atoms with E-state index < -0.39 is 0 Å². The Hall–Kier alpha value is -1.42. The lowest BCUT2D eigenvalue weighted by Gasteiger charge is -2.27. The predicted molar refractivity (Wildman–Crippen MR) is 71.2 cm³/mol. The summed E-state index contributed by atoms with van der Waals surface area (Å²) in [6.07, 6.45) is 2.86. The van der Waals surface area contributed by atoms with E-state index >= 15 is 0 Å². The van der Waals surface area contributed by atoms with Gasteiger partial charge in [-0.15, -0.1) is 0 Å². The third kappa shape index (κ3) is 3.77. The highest BCUT2D eigenvalue weighted by Gasteiger charge is 2.23. The number of carbonyl (C=O) groups is 1. The molecule has 0 aliphatic heterocycles. The van der Waals surface area contributed by atoms with Gasteiger partial charge in [0.15, 0.2) is 0 Å². The van der Waals surface area contributed by atoms with E-state index in [1.807, 2.05) is 0 Å². The molecule has 2 rings (SSSR count). The van der Waals surface area contributed by atoms with Crippen LogP contribution < -0.4 is 5.32 Å². The Morgan fingerprint density at radius 2 is 2.05 bits per heavy atom. The van der Waals surface area contributed by atoms with Crippen LogP contribution in [0, 0.1) is 5.82 Å². The molecular weight excluding hydrogens is 245 g/mol. The Morgan fingerprint density at radius 3 is 2.68 bits per heavy atom. The average molecular weight is 265 g/mol. The maximum Gasteiger partial charge on any atom is 0.227 e. The Kier molecular flexibility index (Phi) is 4.53. The molecule has 0 spiro atoms. The molecule has 0 bridgehead atoms. The molecule has 1 aromatic carbocycles. The van der Waals surface area contributed by atoms with E-state index in [1.165, 1.54) is 12.1 Å². The van der Waals surface area contributed by atoms with E-state index in [1.54, 1.807) is 19.1 Å². The molecule has 0 heterocycles. The van der Waals surface area contributed by atoms with Crippen molar-refractivity contribution in [2.75, 3.05) is 0 Å². The van der Waals surface area contributed by atoms with Crippen LogP contribution in [0.4, 0.5) is 4.39 Å². The fraction of sp³-hybridized carbons (Fsp3) is 0.533. The summed E-state index contributed by atoms with van der Waals surface area (Å²) < 4.78 is 13.1. The van der Waals surface area contributed by atoms with Gasteiger partial charge in [-0.1, -0.05) is 12.1 Å². The minimum absolute atomic E-state index is 0.0769. The zero-order chi connectivity index (χ0) is 13.8. The Balaban J connectivity index is 1.92. The summed E-state index contributed by atoms with van der Waals surface area (Å²) in [5.74, 6) is -0.757. The fourth-order valence-electron chi connectivity index (χ4n) is 2.47. The molecule has 4 heteroatoms. The molecule has 104 valence electrons. The van der Waals surface area contributed by atoms with Crippen LogP contribution >= 0.6 is 0 Å². The van der Waals surface area contributed by atoms with Gasteiger partial charge in [-0.05, 0) is 50.3 Å². The zero-order valence-corrected chi connectivity index (χ0v) is 11.1. The maximum absolute atomic E-state index is 13.1. The number of amides is 1. The van der Waals surface area contributed by atoms with Crippen LogP contribution in [0.25, 0.3) is 0 Å². The van der Waals surface area contributed by atoms with Gasteiger partial charge in [0.05, 0.1) is 12.0 Å². The summed E-state index contributed by atoms with van der Waals surface area (Å²) in [5, 5.41) is 12.4. The van der Waals surface area contributed by atoms with Crippen molar-refractivity contribution < 1.29 is 14.3 Å². The largest absolute Gasteiger partial charge is 0.393 e. The first-order chi connectivity index (χ1) is 9.06. The Labute approximate surface area is 112 Å². The van der Waals surface area contributed by atoms with Crippen LogP contribution in [-0.4, -0.2) is 23.2 Å². The molecule has 1 aromatic rings. The summed E-state index contributed by atoms with van der Waals surface area (Å²) >= 11 is 0. The Bertz CT molecular complexity index is 442. The highest BCUT2D eigenvalue weighted by atomic mass is 19.1. The number of rotatable bonds is 3. The van der Waals surface area contributed by atoms with Gasteiger partial charge in [0.2, 0.25) is 5.91 Å². The molecule has 19 heavy (non-hydrogen) atoms. The van der Waals surface area contributed by atoms with Crippen molar-refractivity contribution in [1.82, 2.24) is 5.32 Å². The third-order valence-electron chi connectivity index (χ3n) is 3.79. The van der Waals surface area contributed by atoms with Crippen LogP contribution in [-0.2, 0) is 4.79 Å². The molecule has 1 fully saturated rings. The number of benzene rings is 1. The smallest absolute Gasteiger partial charge is 0.227 e. The second kappa shape index (κ2) is 6.15. The van der Waals surface area contributed by atoms with Crippen LogP contribution in [0.5, 0.6) is 0 Å². The summed E-state index contributed by atoms with van der Waals surface area (Å²) in [6, 6.07) is 6.28. The zero-order valence-electron chi connectivity index (χ0n) is 11.1. The number of halogens is 1. The minimum Gasteiger partial charge on any atom is -0.393 e. The van der Waals surface area contributed by atoms with E-state index in [0.29, 0.717) is 5.56 Å². The minimum atomic E-state index is -0.359. The lowest BCUT2D eigenvalue weighted by Crippen LogP contribution is -2.40. The lowest BCUT2D eigenvalue weighted by atomic mass is 9.92. The summed E-state index contributed by atoms with van der Waals surface area (Å²) in [5.41, 5.74) is 0.688. The van der Waals surface area contributed by atoms with E-state index in [-0.39, 0.29) is 29.8 Å². The lowest BCUT2D eigenvalue weighted by molar-refractivity contribution is -0.123. The second-order valence-corrected chi connectivity index (χ2v) is 5.29. The van der Waals surface area contributed by atoms with Crippen molar-refractivity contribution in [1.29, 1.82) is 0 Å². The number of hydrogen-bond acceptors (Lipinski definition) is 2. The van der Waals surface area contributed by atoms with Gasteiger partial charge in [0, 0.05) is 6.04 Å². The predicted octanol–water partition coefficient (Wildman–Crippen LogP) is 2.35. The van der Waals surface area contributed by atoms with Crippen LogP contribution in [0.3, 0.4) is 0 Å². The molecule has 0 radical (unpaired) electrons. The molecule has 1 unspecified atom stereocenters. The summed E-state index contributed by atoms with van der Waals surface area (Å²) in [7, 11) is 0.